The number of carboxylic acids is 1. The minimum atomic E-state index is -0.935. The Kier molecular flexibility index (Phi) is 3.95. The number of aryl methyl sites for hydroxylation is 1. The zero-order chi connectivity index (χ0) is 14.0. The van der Waals surface area contributed by atoms with Crippen molar-refractivity contribution in [3.8, 4) is 5.75 Å². The number of rotatable bonds is 4. The van der Waals surface area contributed by atoms with Gasteiger partial charge in [-0.3, -0.25) is 0 Å². The van der Waals surface area contributed by atoms with Crippen molar-refractivity contribution < 1.29 is 14.6 Å². The maximum absolute atomic E-state index is 10.9. The van der Waals surface area contributed by atoms with Crippen LogP contribution in [-0.2, 0) is 6.54 Å². The van der Waals surface area contributed by atoms with E-state index in [2.05, 4.69) is 15.9 Å². The van der Waals surface area contributed by atoms with E-state index in [4.69, 9.17) is 9.84 Å². The second kappa shape index (κ2) is 5.48. The number of nitrogens with zero attached hydrogens (tertiary/aromatic N) is 1. The van der Waals surface area contributed by atoms with Crippen LogP contribution in [0.25, 0.3) is 0 Å². The summed E-state index contributed by atoms with van der Waals surface area (Å²) in [7, 11) is 1.63. The van der Waals surface area contributed by atoms with E-state index in [1.54, 1.807) is 19.4 Å². The van der Waals surface area contributed by atoms with E-state index in [1.807, 2.05) is 29.7 Å². The molecule has 0 fully saturated rings. The van der Waals surface area contributed by atoms with E-state index >= 15 is 0 Å². The minimum absolute atomic E-state index is 0.262. The van der Waals surface area contributed by atoms with Crippen LogP contribution < -0.4 is 4.74 Å². The molecule has 5 heteroatoms. The van der Waals surface area contributed by atoms with Gasteiger partial charge in [0.25, 0.3) is 0 Å². The molecule has 0 unspecified atom stereocenters. The summed E-state index contributed by atoms with van der Waals surface area (Å²) < 4.78 is 7.89. The van der Waals surface area contributed by atoms with E-state index in [9.17, 15) is 4.79 Å². The second-order valence-corrected chi connectivity index (χ2v) is 5.11. The van der Waals surface area contributed by atoms with Gasteiger partial charge in [0.15, 0.2) is 0 Å². The molecule has 0 aliphatic heterocycles. The van der Waals surface area contributed by atoms with Crippen molar-refractivity contribution in [2.45, 2.75) is 13.5 Å². The van der Waals surface area contributed by atoms with Crippen LogP contribution in [0.4, 0.5) is 0 Å². The average Bonchev–Trinajstić information content (AvgIpc) is 2.72. The van der Waals surface area contributed by atoms with Gasteiger partial charge in [-0.1, -0.05) is 17.7 Å². The Hall–Kier alpha value is -1.75. The van der Waals surface area contributed by atoms with Gasteiger partial charge >= 0.3 is 5.97 Å². The molecule has 0 aliphatic rings. The summed E-state index contributed by atoms with van der Waals surface area (Å²) >= 11 is 3.37. The summed E-state index contributed by atoms with van der Waals surface area (Å²) in [6, 6.07) is 7.52. The van der Waals surface area contributed by atoms with Gasteiger partial charge in [0.05, 0.1) is 23.8 Å². The zero-order valence-electron chi connectivity index (χ0n) is 10.7. The lowest BCUT2D eigenvalue weighted by Gasteiger charge is -2.11. The van der Waals surface area contributed by atoms with Gasteiger partial charge in [-0.2, -0.15) is 0 Å². The van der Waals surface area contributed by atoms with Crippen LogP contribution in [0.3, 0.4) is 0 Å². The Bertz CT molecular complexity index is 619. The molecule has 1 heterocycles. The lowest BCUT2D eigenvalue weighted by molar-refractivity contribution is 0.0697. The van der Waals surface area contributed by atoms with Gasteiger partial charge in [0.2, 0.25) is 0 Å². The van der Waals surface area contributed by atoms with Crippen molar-refractivity contribution in [3.05, 3.63) is 51.8 Å². The van der Waals surface area contributed by atoms with Crippen LogP contribution in [0.15, 0.2) is 35.1 Å². The molecular formula is C14H14BrNO3. The average molecular weight is 324 g/mol. The van der Waals surface area contributed by atoms with Crippen molar-refractivity contribution in [1.82, 2.24) is 4.57 Å². The van der Waals surface area contributed by atoms with Gasteiger partial charge < -0.3 is 14.4 Å². The zero-order valence-corrected chi connectivity index (χ0v) is 12.3. The van der Waals surface area contributed by atoms with Crippen LogP contribution >= 0.6 is 15.9 Å². The van der Waals surface area contributed by atoms with Crippen molar-refractivity contribution in [2.24, 2.45) is 0 Å². The largest absolute Gasteiger partial charge is 0.496 e. The summed E-state index contributed by atoms with van der Waals surface area (Å²) in [5.41, 5.74) is 2.41. The quantitative estimate of drug-likeness (QED) is 0.939. The molecule has 0 bridgehead atoms. The molecule has 1 N–H and O–H groups in total. The van der Waals surface area contributed by atoms with Crippen LogP contribution in [0.2, 0.25) is 0 Å². The van der Waals surface area contributed by atoms with Gasteiger partial charge in [0.1, 0.15) is 5.75 Å². The number of hydrogen-bond donors (Lipinski definition) is 1. The smallest absolute Gasteiger partial charge is 0.337 e. The molecule has 0 radical (unpaired) electrons. The highest BCUT2D eigenvalue weighted by atomic mass is 79.9. The van der Waals surface area contributed by atoms with Gasteiger partial charge in [-0.05, 0) is 35.0 Å². The summed E-state index contributed by atoms with van der Waals surface area (Å²) in [6.45, 7) is 2.56. The molecule has 0 amide bonds. The summed E-state index contributed by atoms with van der Waals surface area (Å²) in [4.78, 5) is 10.9. The van der Waals surface area contributed by atoms with Crippen molar-refractivity contribution in [2.75, 3.05) is 7.11 Å². The molecule has 4 nitrogen and oxygen atoms in total. The highest BCUT2D eigenvalue weighted by Gasteiger charge is 2.11. The number of halogens is 1. The van der Waals surface area contributed by atoms with Crippen molar-refractivity contribution >= 4 is 21.9 Å². The lowest BCUT2D eigenvalue weighted by atomic mass is 10.1. The van der Waals surface area contributed by atoms with Crippen LogP contribution in [0.1, 0.15) is 21.5 Å². The topological polar surface area (TPSA) is 51.5 Å². The fraction of sp³-hybridized carbons (Fsp3) is 0.214. The molecule has 100 valence electrons. The molecule has 0 atom stereocenters. The van der Waals surface area contributed by atoms with E-state index in [0.29, 0.717) is 6.54 Å². The van der Waals surface area contributed by atoms with E-state index in [0.717, 1.165) is 21.5 Å². The Morgan fingerprint density at radius 3 is 2.74 bits per heavy atom. The van der Waals surface area contributed by atoms with E-state index in [-0.39, 0.29) is 5.56 Å². The third-order valence-electron chi connectivity index (χ3n) is 2.87. The summed E-state index contributed by atoms with van der Waals surface area (Å²) in [6.07, 6.45) is 1.61. The molecule has 1 aromatic carbocycles. The molecule has 2 rings (SSSR count). The second-order valence-electron chi connectivity index (χ2n) is 4.30. The van der Waals surface area contributed by atoms with Crippen LogP contribution in [-0.4, -0.2) is 22.8 Å². The first-order chi connectivity index (χ1) is 9.01. The molecule has 0 saturated carbocycles. The summed E-state index contributed by atoms with van der Waals surface area (Å²) in [5, 5.41) is 8.97. The number of aromatic nitrogens is 1. The normalized spacial score (nSPS) is 10.5. The molecule has 1 aromatic heterocycles. The fourth-order valence-electron chi connectivity index (χ4n) is 1.93. The minimum Gasteiger partial charge on any atom is -0.496 e. The monoisotopic (exact) mass is 323 g/mol. The standard InChI is InChI=1S/C14H14BrNO3/c1-9-3-4-12(19-2)10(5-9)7-16-8-11(14(17)18)6-13(16)15/h3-6,8H,7H2,1-2H3,(H,17,18). The highest BCUT2D eigenvalue weighted by Crippen LogP contribution is 2.24. The number of carboxylic acid groups (broad SMARTS) is 1. The first-order valence-electron chi connectivity index (χ1n) is 5.73. The maximum atomic E-state index is 10.9. The number of ether oxygens (including phenoxy) is 1. The molecule has 2 aromatic rings. The van der Waals surface area contributed by atoms with E-state index in [1.165, 1.54) is 0 Å². The highest BCUT2D eigenvalue weighted by molar-refractivity contribution is 9.10. The van der Waals surface area contributed by atoms with Crippen LogP contribution in [0.5, 0.6) is 5.75 Å². The van der Waals surface area contributed by atoms with Gasteiger partial charge in [-0.15, -0.1) is 0 Å². The predicted molar refractivity (Wildman–Crippen MR) is 75.9 cm³/mol. The third-order valence-corrected chi connectivity index (χ3v) is 3.55. The molecular weight excluding hydrogens is 310 g/mol. The SMILES string of the molecule is COc1ccc(C)cc1Cn1cc(C(=O)O)cc1Br. The first kappa shape index (κ1) is 13.7. The third kappa shape index (κ3) is 2.98. The number of benzene rings is 1. The Morgan fingerprint density at radius 2 is 2.16 bits per heavy atom. The first-order valence-corrected chi connectivity index (χ1v) is 6.53. The van der Waals surface area contributed by atoms with Crippen molar-refractivity contribution in [3.63, 3.8) is 0 Å². The molecule has 0 saturated heterocycles. The Labute approximate surface area is 119 Å². The summed E-state index contributed by atoms with van der Waals surface area (Å²) in [5.74, 6) is -0.140. The molecule has 0 spiro atoms. The number of hydrogen-bond acceptors (Lipinski definition) is 2. The Balaban J connectivity index is 2.35. The number of aromatic carboxylic acids is 1. The fourth-order valence-corrected chi connectivity index (χ4v) is 2.41. The van der Waals surface area contributed by atoms with Gasteiger partial charge in [-0.25, -0.2) is 4.79 Å². The van der Waals surface area contributed by atoms with Crippen molar-refractivity contribution in [1.29, 1.82) is 0 Å². The van der Waals surface area contributed by atoms with Gasteiger partial charge in [0, 0.05) is 11.8 Å². The number of methoxy groups -OCH3 is 1. The molecule has 19 heavy (non-hydrogen) atoms. The lowest BCUT2D eigenvalue weighted by Crippen LogP contribution is -2.02. The Morgan fingerprint density at radius 1 is 1.42 bits per heavy atom. The maximum Gasteiger partial charge on any atom is 0.337 e. The number of carbonyl (C=O) groups is 1. The van der Waals surface area contributed by atoms with E-state index < -0.39 is 5.97 Å². The molecule has 0 aliphatic carbocycles. The predicted octanol–water partition coefficient (Wildman–Crippen LogP) is 3.31. The van der Waals surface area contributed by atoms with Crippen LogP contribution in [0, 0.1) is 6.92 Å².